The van der Waals surface area contributed by atoms with Gasteiger partial charge >= 0.3 is 0 Å². The van der Waals surface area contributed by atoms with Crippen molar-refractivity contribution >= 4 is 142 Å². The number of nitrogens with one attached hydrogen (secondary N) is 1. The smallest absolute Gasteiger partial charge is 0.155 e. The molecule has 0 amide bonds. The van der Waals surface area contributed by atoms with Gasteiger partial charge in [0.1, 0.15) is 0 Å². The van der Waals surface area contributed by atoms with Crippen LogP contribution in [-0.2, 0) is 16.2 Å². The van der Waals surface area contributed by atoms with E-state index in [4.69, 9.17) is 0 Å². The lowest BCUT2D eigenvalue weighted by Crippen LogP contribution is -2.17. The Morgan fingerprint density at radius 3 is 0.856 bits per heavy atom. The van der Waals surface area contributed by atoms with E-state index in [9.17, 15) is 0 Å². The molecule has 23 aromatic rings. The number of benzene rings is 23. The van der Waals surface area contributed by atoms with Gasteiger partial charge in [-0.3, -0.25) is 0 Å². The first-order valence-electron chi connectivity index (χ1n) is 47.5. The number of fused-ring (bicyclic) bond motifs is 9. The van der Waals surface area contributed by atoms with E-state index in [-0.39, 0.29) is 33.7 Å². The summed E-state index contributed by atoms with van der Waals surface area (Å²) in [6.45, 7) is 13.7. The van der Waals surface area contributed by atoms with Crippen molar-refractivity contribution in [3.05, 3.63) is 503 Å². The molecule has 1 N–H and O–H groups in total. The van der Waals surface area contributed by atoms with Crippen LogP contribution < -0.4 is 15.1 Å². The summed E-state index contributed by atoms with van der Waals surface area (Å²) in [6, 6.07) is 153. The van der Waals surface area contributed by atoms with Gasteiger partial charge in [-0.25, -0.2) is 13.2 Å². The molecule has 3 aliphatic rings. The van der Waals surface area contributed by atoms with Crippen LogP contribution >= 0.6 is 31.9 Å². The van der Waals surface area contributed by atoms with Gasteiger partial charge in [-0.15, -0.1) is 0 Å². The van der Waals surface area contributed by atoms with Crippen LogP contribution in [0.15, 0.2) is 452 Å². The maximum Gasteiger partial charge on any atom is 0.155 e. The molecule has 3 nitrogen and oxygen atoms in total. The average Bonchev–Trinajstić information content (AvgIpc) is 1.60. The summed E-state index contributed by atoms with van der Waals surface area (Å²) in [7, 11) is 0. The van der Waals surface area contributed by atoms with Gasteiger partial charge in [0.2, 0.25) is 0 Å². The van der Waals surface area contributed by atoms with E-state index >= 15 is 13.2 Å². The molecule has 0 atom stereocenters. The Labute approximate surface area is 824 Å². The first kappa shape index (κ1) is 86.2. The predicted molar refractivity (Wildman–Crippen MR) is 586 cm³/mol. The number of rotatable bonds is 14. The van der Waals surface area contributed by atoms with Crippen LogP contribution in [0.2, 0.25) is 0 Å². The van der Waals surface area contributed by atoms with Crippen LogP contribution in [0.5, 0.6) is 0 Å². The van der Waals surface area contributed by atoms with E-state index in [1.165, 1.54) is 71.3 Å². The molecule has 0 unspecified atom stereocenters. The molecular formula is C131H92Br2F3N3. The maximum atomic E-state index is 18.8. The third kappa shape index (κ3) is 14.3. The molecule has 666 valence electrons. The van der Waals surface area contributed by atoms with Crippen molar-refractivity contribution in [3.63, 3.8) is 0 Å². The monoisotopic (exact) mass is 1920 g/mol. The Hall–Kier alpha value is -15.7. The molecule has 0 heterocycles. The molecule has 139 heavy (non-hydrogen) atoms. The summed E-state index contributed by atoms with van der Waals surface area (Å²) in [5.74, 6) is -0.895. The zero-order valence-electron chi connectivity index (χ0n) is 77.4. The van der Waals surface area contributed by atoms with Crippen LogP contribution in [0.1, 0.15) is 74.9 Å². The van der Waals surface area contributed by atoms with E-state index < -0.39 is 0 Å². The molecule has 0 spiro atoms. The maximum absolute atomic E-state index is 18.8. The summed E-state index contributed by atoms with van der Waals surface area (Å²) in [6.07, 6.45) is 0. The second kappa shape index (κ2) is 34.2. The highest BCUT2D eigenvalue weighted by molar-refractivity contribution is 9.11. The topological polar surface area (TPSA) is 18.5 Å². The molecule has 0 aromatic heterocycles. The largest absolute Gasteiger partial charge is 0.353 e. The molecule has 0 saturated heterocycles. The summed E-state index contributed by atoms with van der Waals surface area (Å²) in [4.78, 5) is 4.40. The van der Waals surface area contributed by atoms with Crippen molar-refractivity contribution in [2.75, 3.05) is 15.1 Å². The van der Waals surface area contributed by atoms with Gasteiger partial charge in [-0.1, -0.05) is 437 Å². The highest BCUT2D eigenvalue weighted by Gasteiger charge is 2.42. The molecular weight excluding hydrogens is 1830 g/mol. The van der Waals surface area contributed by atoms with Gasteiger partial charge in [0.15, 0.2) is 17.5 Å². The Kier molecular flexibility index (Phi) is 21.2. The third-order valence-electron chi connectivity index (χ3n) is 29.4. The Bertz CT molecular complexity index is 8410. The second-order valence-corrected chi connectivity index (χ2v) is 40.0. The van der Waals surface area contributed by atoms with Gasteiger partial charge in [-0.2, -0.15) is 0 Å². The van der Waals surface area contributed by atoms with Crippen LogP contribution in [0.4, 0.5) is 58.7 Å². The molecule has 3 aliphatic carbocycles. The SMILES string of the molecule is Brc1ccc2ccc3c(Br)ccc4ccc1c2c43.CC1(C)c2ccccc2-c2c(N(c3cc(-c4ccccc4)cc(-c4ccccc4)c3F)c3ccc4ccc5c(N(c6cc(-c7ccccc7)cc(-c7ccccc7)c6F)c6cccc7c6-c6ccccc6C7(C)C)ccc6ccc3c4c65)cccc21.CC1(C)c2ccccc2-c2c(Nc3cc(-c4ccccc4)cc(-c4ccccc4)c3F)cccc21. The van der Waals surface area contributed by atoms with Crippen molar-refractivity contribution in [2.24, 2.45) is 0 Å². The number of anilines is 8. The van der Waals surface area contributed by atoms with Crippen molar-refractivity contribution in [1.82, 2.24) is 0 Å². The number of halogens is 5. The molecule has 23 aromatic carbocycles. The lowest BCUT2D eigenvalue weighted by molar-refractivity contribution is 0.632. The number of hydrogen-bond donors (Lipinski definition) is 1. The predicted octanol–water partition coefficient (Wildman–Crippen LogP) is 38.4. The van der Waals surface area contributed by atoms with Crippen molar-refractivity contribution in [2.45, 2.75) is 57.8 Å². The highest BCUT2D eigenvalue weighted by atomic mass is 79.9. The van der Waals surface area contributed by atoms with Crippen LogP contribution in [-0.4, -0.2) is 0 Å². The molecule has 8 heteroatoms. The fraction of sp³-hybridized carbons (Fsp3) is 0.0687. The third-order valence-corrected chi connectivity index (χ3v) is 30.8. The Morgan fingerprint density at radius 1 is 0.201 bits per heavy atom. The molecule has 0 aliphatic heterocycles. The van der Waals surface area contributed by atoms with Gasteiger partial charge in [0.25, 0.3) is 0 Å². The highest BCUT2D eigenvalue weighted by Crippen LogP contribution is 2.61. The van der Waals surface area contributed by atoms with E-state index in [2.05, 4.69) is 343 Å². The normalized spacial score (nSPS) is 13.2. The van der Waals surface area contributed by atoms with E-state index in [1.54, 1.807) is 0 Å². The zero-order chi connectivity index (χ0) is 94.3. The minimum absolute atomic E-state index is 0.108. The number of hydrogen-bond acceptors (Lipinski definition) is 3. The van der Waals surface area contributed by atoms with Crippen LogP contribution in [0, 0.1) is 17.5 Å². The molecule has 26 rings (SSSR count). The number of nitrogens with zero attached hydrogens (tertiary/aromatic N) is 2. The van der Waals surface area contributed by atoms with Gasteiger partial charge < -0.3 is 15.1 Å². The van der Waals surface area contributed by atoms with E-state index in [1.807, 2.05) is 188 Å². The van der Waals surface area contributed by atoms with Crippen molar-refractivity contribution in [1.29, 1.82) is 0 Å². The fourth-order valence-electron chi connectivity index (χ4n) is 22.6. The average molecular weight is 1920 g/mol. The van der Waals surface area contributed by atoms with E-state index in [0.717, 1.165) is 148 Å². The van der Waals surface area contributed by atoms with Gasteiger partial charge in [0, 0.05) is 75.0 Å². The van der Waals surface area contributed by atoms with Gasteiger partial charge in [0.05, 0.1) is 39.8 Å². The van der Waals surface area contributed by atoms with Crippen LogP contribution in [0.3, 0.4) is 0 Å². The standard InChI is InChI=1S/C82H58F2N2.C33H26FN.C16H8Br2/c1-81(2)65-33-19-17-31-59(65)77-67(81)35-21-37-71(77)85(73-49-57(51-23-9-5-10-24-51)47-63(79(73)83)53-27-13-7-14-28-53)69-45-41-55-40-44-62-70(46-42-56-39-43-61(69)75(55)76(56)62)86(72-38-22-36-68-78(72)60-32-18-20-34-66(60)82(68,3)4)74-50-58(52-25-11-6-12-26-52)48-64(80(74)84)54-29-15-8-16-30-54;1-33(2)27-17-10-9-16-25(27)31-28(33)18-11-19-29(31)35-30-21-24(22-12-5-3-6-13-22)20-26(32(30)34)23-14-7-4-8-15-23;17-13-8-4-10-2-6-12-14(18)7-3-9-1-5-11(13)16(10)15(9)12/h5-50H,1-4H3;3-21,35H,1-2H3;1-8H. The summed E-state index contributed by atoms with van der Waals surface area (Å²) in [5.41, 5.74) is 29.0. The quantitative estimate of drug-likeness (QED) is 0.110. The second-order valence-electron chi connectivity index (χ2n) is 38.3. The van der Waals surface area contributed by atoms with Crippen molar-refractivity contribution in [3.8, 4) is 100 Å². The van der Waals surface area contributed by atoms with E-state index in [0.29, 0.717) is 33.8 Å². The molecule has 0 bridgehead atoms. The van der Waals surface area contributed by atoms with Crippen molar-refractivity contribution < 1.29 is 13.2 Å². The lowest BCUT2D eigenvalue weighted by atomic mass is 9.82. The minimum Gasteiger partial charge on any atom is -0.353 e. The Balaban J connectivity index is 0.000000160. The summed E-state index contributed by atoms with van der Waals surface area (Å²) >= 11 is 7.30. The fourth-order valence-corrected chi connectivity index (χ4v) is 23.6. The summed E-state index contributed by atoms with van der Waals surface area (Å²) in [5, 5.41) is 17.4. The summed E-state index contributed by atoms with van der Waals surface area (Å²) < 4.78 is 56.0. The molecule has 0 fully saturated rings. The lowest BCUT2D eigenvalue weighted by Gasteiger charge is -2.32. The van der Waals surface area contributed by atoms with Crippen LogP contribution in [0.25, 0.3) is 165 Å². The molecule has 0 saturated carbocycles. The first-order valence-corrected chi connectivity index (χ1v) is 49.1. The van der Waals surface area contributed by atoms with Gasteiger partial charge in [-0.05, 0) is 233 Å². The first-order chi connectivity index (χ1) is 67.8. The minimum atomic E-state index is -0.323. The zero-order valence-corrected chi connectivity index (χ0v) is 80.6. The molecule has 0 radical (unpaired) electrons. The Morgan fingerprint density at radius 2 is 0.482 bits per heavy atom.